The zero-order valence-corrected chi connectivity index (χ0v) is 13.4. The van der Waals surface area contributed by atoms with E-state index in [1.165, 1.54) is 28.7 Å². The number of hydrogen-bond acceptors (Lipinski definition) is 5. The van der Waals surface area contributed by atoms with Crippen LogP contribution in [0, 0.1) is 12.7 Å². The van der Waals surface area contributed by atoms with Crippen molar-refractivity contribution in [2.45, 2.75) is 25.7 Å². The van der Waals surface area contributed by atoms with Gasteiger partial charge < -0.3 is 0 Å². The van der Waals surface area contributed by atoms with Crippen molar-refractivity contribution >= 4 is 43.8 Å². The summed E-state index contributed by atoms with van der Waals surface area (Å²) in [5.41, 5.74) is 0.669. The van der Waals surface area contributed by atoms with Crippen molar-refractivity contribution in [2.24, 2.45) is 0 Å². The molecule has 3 aromatic rings. The van der Waals surface area contributed by atoms with Crippen LogP contribution in [0.2, 0.25) is 0 Å². The second-order valence-electron chi connectivity index (χ2n) is 5.34. The van der Waals surface area contributed by atoms with Crippen LogP contribution in [0.25, 0.3) is 10.1 Å². The predicted molar refractivity (Wildman–Crippen MR) is 86.4 cm³/mol. The molecule has 1 fully saturated rings. The van der Waals surface area contributed by atoms with Crippen LogP contribution >= 0.6 is 22.7 Å². The van der Waals surface area contributed by atoms with Gasteiger partial charge >= 0.3 is 0 Å². The van der Waals surface area contributed by atoms with E-state index < -0.39 is 0 Å². The molecule has 1 saturated carbocycles. The summed E-state index contributed by atoms with van der Waals surface area (Å²) in [6.45, 7) is 1.77. The molecule has 22 heavy (non-hydrogen) atoms. The van der Waals surface area contributed by atoms with E-state index in [2.05, 4.69) is 15.5 Å². The Labute approximate surface area is 134 Å². The van der Waals surface area contributed by atoms with Gasteiger partial charge in [-0.2, -0.15) is 0 Å². The molecule has 0 spiro atoms. The number of carbonyl (C=O) groups is 1. The zero-order chi connectivity index (χ0) is 15.3. The molecule has 0 bridgehead atoms. The highest BCUT2D eigenvalue weighted by Gasteiger charge is 2.28. The van der Waals surface area contributed by atoms with Gasteiger partial charge in [0.25, 0.3) is 5.91 Å². The molecule has 1 N–H and O–H groups in total. The van der Waals surface area contributed by atoms with Crippen molar-refractivity contribution in [3.8, 4) is 0 Å². The quantitative estimate of drug-likeness (QED) is 0.776. The highest BCUT2D eigenvalue weighted by molar-refractivity contribution is 7.21. The molecule has 2 heterocycles. The number of thiophene rings is 1. The van der Waals surface area contributed by atoms with Crippen LogP contribution in [-0.4, -0.2) is 16.1 Å². The summed E-state index contributed by atoms with van der Waals surface area (Å²) in [5.74, 6) is -0.0304. The van der Waals surface area contributed by atoms with Crippen LogP contribution in [-0.2, 0) is 0 Å². The summed E-state index contributed by atoms with van der Waals surface area (Å²) < 4.78 is 14.7. The number of carbonyl (C=O) groups excluding carboxylic acids is 1. The summed E-state index contributed by atoms with van der Waals surface area (Å²) >= 11 is 2.71. The third-order valence-electron chi connectivity index (χ3n) is 3.70. The molecule has 0 radical (unpaired) electrons. The molecule has 0 aliphatic heterocycles. The Morgan fingerprint density at radius 3 is 2.86 bits per heavy atom. The standard InChI is InChI=1S/C15H12FN3OS2/c1-7-11-9(16)3-2-4-10(11)21-12(7)13(20)17-15-19-18-14(22-15)8-5-6-8/h2-4,8H,5-6H2,1H3,(H,17,19,20). The van der Waals surface area contributed by atoms with E-state index in [9.17, 15) is 9.18 Å². The SMILES string of the molecule is Cc1c(C(=O)Nc2nnc(C3CC3)s2)sc2cccc(F)c12. The number of hydrogen-bond donors (Lipinski definition) is 1. The summed E-state index contributed by atoms with van der Waals surface area (Å²) in [5, 5.41) is 12.9. The molecule has 1 aliphatic rings. The van der Waals surface area contributed by atoms with E-state index >= 15 is 0 Å². The second kappa shape index (κ2) is 5.10. The van der Waals surface area contributed by atoms with E-state index in [1.54, 1.807) is 13.0 Å². The number of fused-ring (bicyclic) bond motifs is 1. The van der Waals surface area contributed by atoms with Crippen LogP contribution in [0.3, 0.4) is 0 Å². The van der Waals surface area contributed by atoms with Gasteiger partial charge in [0.1, 0.15) is 10.8 Å². The third kappa shape index (κ3) is 2.30. The van der Waals surface area contributed by atoms with Crippen molar-refractivity contribution in [3.63, 3.8) is 0 Å². The van der Waals surface area contributed by atoms with Gasteiger partial charge in [-0.1, -0.05) is 17.4 Å². The van der Waals surface area contributed by atoms with E-state index in [-0.39, 0.29) is 11.7 Å². The molecule has 4 rings (SSSR count). The van der Waals surface area contributed by atoms with E-state index in [0.717, 1.165) is 22.5 Å². The Bertz CT molecular complexity index is 882. The maximum Gasteiger partial charge on any atom is 0.267 e. The first-order chi connectivity index (χ1) is 10.6. The van der Waals surface area contributed by atoms with E-state index in [4.69, 9.17) is 0 Å². The number of rotatable bonds is 3. The number of nitrogens with one attached hydrogen (secondary N) is 1. The number of anilines is 1. The summed E-state index contributed by atoms with van der Waals surface area (Å²) in [7, 11) is 0. The Hall–Kier alpha value is -1.86. The molecule has 4 nitrogen and oxygen atoms in total. The van der Waals surface area contributed by atoms with Crippen molar-refractivity contribution in [1.29, 1.82) is 0 Å². The molecule has 1 aromatic carbocycles. The highest BCUT2D eigenvalue weighted by atomic mass is 32.1. The lowest BCUT2D eigenvalue weighted by Gasteiger charge is -1.99. The first-order valence-electron chi connectivity index (χ1n) is 6.96. The molecule has 2 aromatic heterocycles. The van der Waals surface area contributed by atoms with Crippen molar-refractivity contribution in [1.82, 2.24) is 10.2 Å². The average molecular weight is 333 g/mol. The van der Waals surface area contributed by atoms with Crippen LogP contribution in [0.4, 0.5) is 9.52 Å². The maximum absolute atomic E-state index is 13.9. The van der Waals surface area contributed by atoms with Gasteiger partial charge in [-0.15, -0.1) is 21.5 Å². The Balaban J connectivity index is 1.64. The predicted octanol–water partition coefficient (Wildman–Crippen LogP) is 4.33. The second-order valence-corrected chi connectivity index (χ2v) is 7.40. The molecule has 0 atom stereocenters. The van der Waals surface area contributed by atoms with Crippen LogP contribution in [0.15, 0.2) is 18.2 Å². The lowest BCUT2D eigenvalue weighted by Crippen LogP contribution is -2.11. The largest absolute Gasteiger partial charge is 0.296 e. The van der Waals surface area contributed by atoms with Gasteiger partial charge in [-0.25, -0.2) is 4.39 Å². The minimum Gasteiger partial charge on any atom is -0.296 e. The van der Waals surface area contributed by atoms with Crippen LogP contribution in [0.1, 0.15) is 39.0 Å². The molecule has 0 unspecified atom stereocenters. The van der Waals surface area contributed by atoms with Gasteiger partial charge in [0.15, 0.2) is 0 Å². The van der Waals surface area contributed by atoms with Gasteiger partial charge in [0, 0.05) is 16.0 Å². The first-order valence-corrected chi connectivity index (χ1v) is 8.59. The molecular weight excluding hydrogens is 321 g/mol. The topological polar surface area (TPSA) is 54.9 Å². The zero-order valence-electron chi connectivity index (χ0n) is 11.7. The van der Waals surface area contributed by atoms with Gasteiger partial charge in [0.05, 0.1) is 4.88 Å². The van der Waals surface area contributed by atoms with Crippen molar-refractivity contribution < 1.29 is 9.18 Å². The molecule has 7 heteroatoms. The minimum atomic E-state index is -0.294. The van der Waals surface area contributed by atoms with Gasteiger partial charge in [0.2, 0.25) is 5.13 Å². The number of aryl methyl sites for hydroxylation is 1. The molecule has 0 saturated heterocycles. The van der Waals surface area contributed by atoms with Crippen LogP contribution in [0.5, 0.6) is 0 Å². The summed E-state index contributed by atoms with van der Waals surface area (Å²) in [4.78, 5) is 12.9. The summed E-state index contributed by atoms with van der Waals surface area (Å²) in [6.07, 6.45) is 2.30. The van der Waals surface area contributed by atoms with Gasteiger partial charge in [-0.3, -0.25) is 10.1 Å². The fraction of sp³-hybridized carbons (Fsp3) is 0.267. The Morgan fingerprint density at radius 1 is 1.32 bits per heavy atom. The number of nitrogens with zero attached hydrogens (tertiary/aromatic N) is 2. The average Bonchev–Trinajstić information content (AvgIpc) is 3.14. The molecule has 1 aliphatic carbocycles. The maximum atomic E-state index is 13.9. The minimum absolute atomic E-state index is 0.253. The fourth-order valence-electron chi connectivity index (χ4n) is 2.40. The number of aromatic nitrogens is 2. The van der Waals surface area contributed by atoms with E-state index in [0.29, 0.717) is 26.9 Å². The molecule has 112 valence electrons. The fourth-order valence-corrected chi connectivity index (χ4v) is 4.43. The third-order valence-corrected chi connectivity index (χ3v) is 5.95. The number of benzene rings is 1. The lowest BCUT2D eigenvalue weighted by atomic mass is 10.1. The normalized spacial score (nSPS) is 14.5. The highest BCUT2D eigenvalue weighted by Crippen LogP contribution is 2.42. The van der Waals surface area contributed by atoms with Crippen LogP contribution < -0.4 is 5.32 Å². The summed E-state index contributed by atoms with van der Waals surface area (Å²) in [6, 6.07) is 4.89. The van der Waals surface area contributed by atoms with Crippen molar-refractivity contribution in [2.75, 3.05) is 5.32 Å². The smallest absolute Gasteiger partial charge is 0.267 e. The number of amides is 1. The lowest BCUT2D eigenvalue weighted by molar-refractivity contribution is 0.103. The molecular formula is C15H12FN3OS2. The molecule has 1 amide bonds. The van der Waals surface area contributed by atoms with Crippen molar-refractivity contribution in [3.05, 3.63) is 39.5 Å². The Kier molecular flexibility index (Phi) is 3.19. The Morgan fingerprint density at radius 2 is 2.14 bits per heavy atom. The number of halogens is 1. The monoisotopic (exact) mass is 333 g/mol. The van der Waals surface area contributed by atoms with Gasteiger partial charge in [-0.05, 0) is 37.5 Å². The first kappa shape index (κ1) is 13.8. The van der Waals surface area contributed by atoms with E-state index in [1.807, 2.05) is 6.07 Å².